The Balaban J connectivity index is 2.28. The maximum absolute atomic E-state index is 10.8. The van der Waals surface area contributed by atoms with E-state index in [2.05, 4.69) is 0 Å². The lowest BCUT2D eigenvalue weighted by Gasteiger charge is -2.04. The van der Waals surface area contributed by atoms with Gasteiger partial charge in [0.25, 0.3) is 0 Å². The number of rotatable bonds is 0. The number of carbonyl (C=O) groups excluding carboxylic acids is 2. The van der Waals surface area contributed by atoms with Crippen molar-refractivity contribution in [2.24, 2.45) is 11.8 Å². The molecule has 0 aromatic rings. The molecule has 2 nitrogen and oxygen atoms in total. The normalized spacial score (nSPS) is 40.4. The molecule has 0 aromatic heterocycles. The molecule has 2 aliphatic carbocycles. The van der Waals surface area contributed by atoms with Crippen LogP contribution in [0.5, 0.6) is 0 Å². The van der Waals surface area contributed by atoms with E-state index in [0.717, 1.165) is 6.42 Å². The molecule has 2 saturated carbocycles. The molecular weight excluding hydrogens is 116 g/mol. The van der Waals surface area contributed by atoms with E-state index in [1.165, 1.54) is 0 Å². The van der Waals surface area contributed by atoms with E-state index < -0.39 is 0 Å². The molecule has 2 atom stereocenters. The van der Waals surface area contributed by atoms with E-state index in [0.29, 0.717) is 24.4 Å². The topological polar surface area (TPSA) is 34.1 Å². The van der Waals surface area contributed by atoms with Crippen LogP contribution < -0.4 is 0 Å². The van der Waals surface area contributed by atoms with Crippen LogP contribution >= 0.6 is 0 Å². The number of Topliss-reactive ketones (excluding diaryl/α,β-unsaturated/α-hetero) is 2. The van der Waals surface area contributed by atoms with Gasteiger partial charge in [0.15, 0.2) is 0 Å². The van der Waals surface area contributed by atoms with Crippen LogP contribution in [0.3, 0.4) is 0 Å². The summed E-state index contributed by atoms with van der Waals surface area (Å²) in [5.74, 6) is 0.893. The first kappa shape index (κ1) is 5.15. The van der Waals surface area contributed by atoms with E-state index in [4.69, 9.17) is 0 Å². The SMILES string of the molecule is O=C1CC2CC1CC2=O. The molecule has 0 amide bonds. The summed E-state index contributed by atoms with van der Waals surface area (Å²) in [6, 6.07) is 0. The van der Waals surface area contributed by atoms with Gasteiger partial charge in [0, 0.05) is 24.7 Å². The number of fused-ring (bicyclic) bond motifs is 2. The summed E-state index contributed by atoms with van der Waals surface area (Å²) in [6.45, 7) is 0. The molecule has 2 heteroatoms. The summed E-state index contributed by atoms with van der Waals surface area (Å²) in [7, 11) is 0. The molecule has 0 aliphatic heterocycles. The Labute approximate surface area is 53.2 Å². The van der Waals surface area contributed by atoms with Gasteiger partial charge in [-0.15, -0.1) is 0 Å². The highest BCUT2D eigenvalue weighted by atomic mass is 16.1. The number of hydrogen-bond donors (Lipinski definition) is 0. The maximum atomic E-state index is 10.8. The first-order chi connectivity index (χ1) is 4.27. The van der Waals surface area contributed by atoms with Crippen LogP contribution in [0.15, 0.2) is 0 Å². The van der Waals surface area contributed by atoms with E-state index in [-0.39, 0.29) is 11.8 Å². The highest BCUT2D eigenvalue weighted by Crippen LogP contribution is 2.39. The highest BCUT2D eigenvalue weighted by Gasteiger charge is 2.43. The van der Waals surface area contributed by atoms with Crippen LogP contribution in [-0.4, -0.2) is 11.6 Å². The van der Waals surface area contributed by atoms with Crippen molar-refractivity contribution in [1.82, 2.24) is 0 Å². The Bertz CT molecular complexity index is 163. The third-order valence-electron chi connectivity index (χ3n) is 2.37. The van der Waals surface area contributed by atoms with Crippen molar-refractivity contribution in [3.05, 3.63) is 0 Å². The smallest absolute Gasteiger partial charge is 0.137 e. The van der Waals surface area contributed by atoms with Crippen molar-refractivity contribution in [2.45, 2.75) is 19.3 Å². The molecule has 48 valence electrons. The third-order valence-corrected chi connectivity index (χ3v) is 2.37. The second kappa shape index (κ2) is 1.43. The summed E-state index contributed by atoms with van der Waals surface area (Å²) < 4.78 is 0. The first-order valence-electron chi connectivity index (χ1n) is 3.33. The standard InChI is InChI=1S/C7H8O2/c8-6-2-4-1-5(6)3-7(4)9/h4-5H,1-3H2. The largest absolute Gasteiger partial charge is 0.299 e. The summed E-state index contributed by atoms with van der Waals surface area (Å²) in [4.78, 5) is 21.7. The molecule has 2 aliphatic rings. The van der Waals surface area contributed by atoms with E-state index in [9.17, 15) is 9.59 Å². The molecule has 0 N–H and O–H groups in total. The Morgan fingerprint density at radius 3 is 1.67 bits per heavy atom. The summed E-state index contributed by atoms with van der Waals surface area (Å²) in [5, 5.41) is 0. The average molecular weight is 124 g/mol. The second-order valence-electron chi connectivity index (χ2n) is 2.97. The van der Waals surface area contributed by atoms with Crippen molar-refractivity contribution in [2.75, 3.05) is 0 Å². The quantitative estimate of drug-likeness (QED) is 0.472. The predicted molar refractivity (Wildman–Crippen MR) is 30.8 cm³/mol. The summed E-state index contributed by atoms with van der Waals surface area (Å²) in [6.07, 6.45) is 1.95. The van der Waals surface area contributed by atoms with E-state index in [1.54, 1.807) is 0 Å². The average Bonchev–Trinajstić information content (AvgIpc) is 2.24. The van der Waals surface area contributed by atoms with E-state index in [1.807, 2.05) is 0 Å². The number of hydrogen-bond acceptors (Lipinski definition) is 2. The molecule has 2 unspecified atom stereocenters. The van der Waals surface area contributed by atoms with Gasteiger partial charge in [0.2, 0.25) is 0 Å². The lowest BCUT2D eigenvalue weighted by molar-refractivity contribution is -0.129. The highest BCUT2D eigenvalue weighted by molar-refractivity contribution is 5.99. The molecule has 9 heavy (non-hydrogen) atoms. The van der Waals surface area contributed by atoms with Gasteiger partial charge in [-0.25, -0.2) is 0 Å². The maximum Gasteiger partial charge on any atom is 0.137 e. The zero-order chi connectivity index (χ0) is 6.43. The third kappa shape index (κ3) is 0.560. The summed E-state index contributed by atoms with van der Waals surface area (Å²) in [5.41, 5.74) is 0. The van der Waals surface area contributed by atoms with Crippen molar-refractivity contribution in [1.29, 1.82) is 0 Å². The Morgan fingerprint density at radius 1 is 1.00 bits per heavy atom. The van der Waals surface area contributed by atoms with Crippen LogP contribution in [0.2, 0.25) is 0 Å². The van der Waals surface area contributed by atoms with Gasteiger partial charge in [-0.2, -0.15) is 0 Å². The second-order valence-corrected chi connectivity index (χ2v) is 2.97. The van der Waals surface area contributed by atoms with Crippen molar-refractivity contribution < 1.29 is 9.59 Å². The van der Waals surface area contributed by atoms with Gasteiger partial charge < -0.3 is 0 Å². The molecule has 0 saturated heterocycles. The molecular formula is C7H8O2. The van der Waals surface area contributed by atoms with Crippen LogP contribution in [0.1, 0.15) is 19.3 Å². The van der Waals surface area contributed by atoms with Crippen LogP contribution in [0.4, 0.5) is 0 Å². The van der Waals surface area contributed by atoms with Crippen molar-refractivity contribution >= 4 is 11.6 Å². The molecule has 2 bridgehead atoms. The van der Waals surface area contributed by atoms with Gasteiger partial charge in [0.05, 0.1) is 0 Å². The van der Waals surface area contributed by atoms with Gasteiger partial charge in [0.1, 0.15) is 11.6 Å². The van der Waals surface area contributed by atoms with Crippen molar-refractivity contribution in [3.8, 4) is 0 Å². The minimum Gasteiger partial charge on any atom is -0.299 e. The Morgan fingerprint density at radius 2 is 1.44 bits per heavy atom. The lowest BCUT2D eigenvalue weighted by Crippen LogP contribution is -2.16. The van der Waals surface area contributed by atoms with Gasteiger partial charge >= 0.3 is 0 Å². The zero-order valence-corrected chi connectivity index (χ0v) is 5.09. The zero-order valence-electron chi connectivity index (χ0n) is 5.09. The molecule has 2 rings (SSSR count). The predicted octanol–water partition coefficient (Wildman–Crippen LogP) is 0.554. The monoisotopic (exact) mass is 124 g/mol. The molecule has 0 radical (unpaired) electrons. The van der Waals surface area contributed by atoms with Gasteiger partial charge in [-0.1, -0.05) is 0 Å². The van der Waals surface area contributed by atoms with Gasteiger partial charge in [-0.3, -0.25) is 9.59 Å². The minimum atomic E-state index is 0.127. The number of carbonyl (C=O) groups is 2. The minimum absolute atomic E-state index is 0.127. The van der Waals surface area contributed by atoms with Gasteiger partial charge in [-0.05, 0) is 6.42 Å². The Kier molecular flexibility index (Phi) is 0.821. The summed E-state index contributed by atoms with van der Waals surface area (Å²) >= 11 is 0. The molecule has 0 aromatic carbocycles. The molecule has 0 spiro atoms. The molecule has 0 heterocycles. The fraction of sp³-hybridized carbons (Fsp3) is 0.714. The lowest BCUT2D eigenvalue weighted by atomic mass is 9.98. The van der Waals surface area contributed by atoms with Crippen molar-refractivity contribution in [3.63, 3.8) is 0 Å². The Hall–Kier alpha value is -0.660. The van der Waals surface area contributed by atoms with Crippen LogP contribution in [-0.2, 0) is 9.59 Å². The van der Waals surface area contributed by atoms with Crippen LogP contribution in [0, 0.1) is 11.8 Å². The first-order valence-corrected chi connectivity index (χ1v) is 3.33. The van der Waals surface area contributed by atoms with E-state index >= 15 is 0 Å². The number of ketones is 2. The fourth-order valence-corrected chi connectivity index (χ4v) is 1.82. The molecule has 2 fully saturated rings. The fourth-order valence-electron chi connectivity index (χ4n) is 1.82. The van der Waals surface area contributed by atoms with Crippen LogP contribution in [0.25, 0.3) is 0 Å².